The Hall–Kier alpha value is -0.643. The molecule has 4 atom stereocenters. The van der Waals surface area contributed by atoms with Gasteiger partial charge in [0, 0.05) is 18.0 Å². The van der Waals surface area contributed by atoms with Crippen LogP contribution in [0.25, 0.3) is 0 Å². The van der Waals surface area contributed by atoms with Crippen molar-refractivity contribution >= 4 is 8.32 Å². The van der Waals surface area contributed by atoms with E-state index >= 15 is 0 Å². The number of piperidine rings is 1. The molecule has 0 N–H and O–H groups in total. The van der Waals surface area contributed by atoms with Crippen LogP contribution in [0.4, 0.5) is 0 Å². The molecule has 1 aromatic rings. The van der Waals surface area contributed by atoms with Crippen LogP contribution in [0.3, 0.4) is 0 Å². The van der Waals surface area contributed by atoms with Gasteiger partial charge in [-0.2, -0.15) is 0 Å². The molecule has 0 aromatic heterocycles. The van der Waals surface area contributed by atoms with Gasteiger partial charge < -0.3 is 4.43 Å². The van der Waals surface area contributed by atoms with Crippen LogP contribution < -0.4 is 0 Å². The fourth-order valence-electron chi connectivity index (χ4n) is 3.47. The summed E-state index contributed by atoms with van der Waals surface area (Å²) < 4.78 is 6.84. The molecule has 1 heterocycles. The number of benzene rings is 1. The average Bonchev–Trinajstić information content (AvgIpc) is 2.45. The normalized spacial score (nSPS) is 30.4. The minimum Gasteiger partial charge on any atom is -0.414 e. The number of likely N-dealkylation sites (tertiary alicyclic amines) is 1. The predicted molar refractivity (Wildman–Crippen MR) is 102 cm³/mol. The van der Waals surface area contributed by atoms with Crippen molar-refractivity contribution in [3.63, 3.8) is 0 Å². The lowest BCUT2D eigenvalue weighted by atomic mass is 9.81. The van der Waals surface area contributed by atoms with Gasteiger partial charge in [0.25, 0.3) is 0 Å². The molecule has 1 fully saturated rings. The van der Waals surface area contributed by atoms with E-state index in [0.717, 1.165) is 6.42 Å². The minimum atomic E-state index is -1.73. The van der Waals surface area contributed by atoms with Crippen LogP contribution in [0.1, 0.15) is 52.6 Å². The summed E-state index contributed by atoms with van der Waals surface area (Å²) in [5.74, 6) is 0.507. The van der Waals surface area contributed by atoms with Crippen molar-refractivity contribution in [1.82, 2.24) is 4.90 Å². The number of nitrogens with zero attached hydrogens (tertiary/aromatic N) is 1. The van der Waals surface area contributed by atoms with Crippen molar-refractivity contribution in [2.45, 2.75) is 77.4 Å². The van der Waals surface area contributed by atoms with Crippen LogP contribution in [0.2, 0.25) is 18.1 Å². The first kappa shape index (κ1) is 18.7. The largest absolute Gasteiger partial charge is 0.414 e. The lowest BCUT2D eigenvalue weighted by molar-refractivity contribution is -0.0194. The minimum absolute atomic E-state index is 0.265. The SMILES string of the molecule is C[C@@H]1[C@@H](c2ccccc2)N(C)[C@@H](C)C[C@H]1O[Si](C)(C)C(C)(C)C. The van der Waals surface area contributed by atoms with Gasteiger partial charge in [0.05, 0.1) is 6.10 Å². The Bertz CT molecular complexity index is 508. The van der Waals surface area contributed by atoms with E-state index in [9.17, 15) is 0 Å². The number of hydrogen-bond acceptors (Lipinski definition) is 2. The van der Waals surface area contributed by atoms with Crippen molar-refractivity contribution in [3.05, 3.63) is 35.9 Å². The van der Waals surface area contributed by atoms with E-state index in [1.807, 2.05) is 0 Å². The molecule has 3 heteroatoms. The molecule has 1 saturated heterocycles. The van der Waals surface area contributed by atoms with Gasteiger partial charge in [-0.25, -0.2) is 0 Å². The standard InChI is InChI=1S/C20H35NOSi/c1-15-14-18(22-23(7,8)20(3,4)5)16(2)19(21(15)6)17-12-10-9-11-13-17/h9-13,15-16,18-19H,14H2,1-8H3/t15-,16-,18+,19-/m0/s1. The van der Waals surface area contributed by atoms with E-state index in [1.165, 1.54) is 5.56 Å². The van der Waals surface area contributed by atoms with Crippen molar-refractivity contribution in [3.8, 4) is 0 Å². The summed E-state index contributed by atoms with van der Waals surface area (Å²) >= 11 is 0. The van der Waals surface area contributed by atoms with Gasteiger partial charge >= 0.3 is 0 Å². The molecule has 1 aromatic carbocycles. The van der Waals surface area contributed by atoms with Gasteiger partial charge in [-0.1, -0.05) is 58.0 Å². The highest BCUT2D eigenvalue weighted by Crippen LogP contribution is 2.44. The summed E-state index contributed by atoms with van der Waals surface area (Å²) in [6, 6.07) is 11.9. The fraction of sp³-hybridized carbons (Fsp3) is 0.700. The van der Waals surface area contributed by atoms with Crippen LogP contribution in [-0.4, -0.2) is 32.4 Å². The topological polar surface area (TPSA) is 12.5 Å². The van der Waals surface area contributed by atoms with Crippen LogP contribution >= 0.6 is 0 Å². The molecular formula is C20H35NOSi. The van der Waals surface area contributed by atoms with E-state index in [2.05, 4.69) is 90.0 Å². The van der Waals surface area contributed by atoms with Crippen LogP contribution in [0.5, 0.6) is 0 Å². The van der Waals surface area contributed by atoms with Gasteiger partial charge in [0.1, 0.15) is 0 Å². The highest BCUT2D eigenvalue weighted by molar-refractivity contribution is 6.74. The monoisotopic (exact) mass is 333 g/mol. The molecule has 130 valence electrons. The summed E-state index contributed by atoms with van der Waals surface area (Å²) in [4.78, 5) is 2.53. The van der Waals surface area contributed by atoms with Crippen molar-refractivity contribution in [2.75, 3.05) is 7.05 Å². The van der Waals surface area contributed by atoms with E-state index in [-0.39, 0.29) is 5.04 Å². The van der Waals surface area contributed by atoms with E-state index in [4.69, 9.17) is 4.43 Å². The van der Waals surface area contributed by atoms with Gasteiger partial charge in [0.2, 0.25) is 0 Å². The quantitative estimate of drug-likeness (QED) is 0.679. The van der Waals surface area contributed by atoms with Crippen molar-refractivity contribution in [2.24, 2.45) is 5.92 Å². The second-order valence-corrected chi connectivity index (χ2v) is 13.6. The maximum absolute atomic E-state index is 6.84. The maximum atomic E-state index is 6.84. The molecule has 23 heavy (non-hydrogen) atoms. The first-order valence-electron chi connectivity index (χ1n) is 8.99. The second kappa shape index (κ2) is 6.70. The fourth-order valence-corrected chi connectivity index (χ4v) is 4.89. The van der Waals surface area contributed by atoms with Crippen LogP contribution in [0.15, 0.2) is 30.3 Å². The lowest BCUT2D eigenvalue weighted by Gasteiger charge is -2.50. The third kappa shape index (κ3) is 3.89. The Morgan fingerprint density at radius 3 is 2.17 bits per heavy atom. The molecule has 0 saturated carbocycles. The summed E-state index contributed by atoms with van der Waals surface area (Å²) in [6.45, 7) is 16.5. The van der Waals surface area contributed by atoms with Crippen molar-refractivity contribution in [1.29, 1.82) is 0 Å². The molecule has 0 aliphatic carbocycles. The van der Waals surface area contributed by atoms with Gasteiger partial charge in [-0.05, 0) is 44.1 Å². The first-order chi connectivity index (χ1) is 10.5. The van der Waals surface area contributed by atoms with E-state index < -0.39 is 8.32 Å². The highest BCUT2D eigenvalue weighted by Gasteiger charge is 2.44. The lowest BCUT2D eigenvalue weighted by Crippen LogP contribution is -2.53. The Balaban J connectivity index is 2.26. The molecule has 2 nitrogen and oxygen atoms in total. The van der Waals surface area contributed by atoms with Crippen LogP contribution in [-0.2, 0) is 4.43 Å². The van der Waals surface area contributed by atoms with E-state index in [0.29, 0.717) is 24.1 Å². The zero-order chi connectivity index (χ0) is 17.4. The smallest absolute Gasteiger partial charge is 0.192 e. The molecule has 0 spiro atoms. The van der Waals surface area contributed by atoms with Gasteiger partial charge in [0.15, 0.2) is 8.32 Å². The second-order valence-electron chi connectivity index (χ2n) is 8.88. The molecule has 2 rings (SSSR count). The summed E-state index contributed by atoms with van der Waals surface area (Å²) in [5, 5.41) is 0.265. The highest BCUT2D eigenvalue weighted by atomic mass is 28.4. The van der Waals surface area contributed by atoms with Crippen molar-refractivity contribution < 1.29 is 4.43 Å². The molecule has 0 amide bonds. The Morgan fingerprint density at radius 2 is 1.65 bits per heavy atom. The third-order valence-corrected chi connectivity index (χ3v) is 10.7. The molecule has 1 aliphatic rings. The summed E-state index contributed by atoms with van der Waals surface area (Å²) in [6.07, 6.45) is 1.49. The van der Waals surface area contributed by atoms with Gasteiger partial charge in [-0.3, -0.25) is 4.90 Å². The zero-order valence-corrected chi connectivity index (χ0v) is 17.3. The van der Waals surface area contributed by atoms with Gasteiger partial charge in [-0.15, -0.1) is 0 Å². The molecular weight excluding hydrogens is 298 g/mol. The van der Waals surface area contributed by atoms with E-state index in [1.54, 1.807) is 0 Å². The van der Waals surface area contributed by atoms with Crippen LogP contribution in [0, 0.1) is 5.92 Å². The first-order valence-corrected chi connectivity index (χ1v) is 11.9. The molecule has 0 radical (unpaired) electrons. The average molecular weight is 334 g/mol. The molecule has 0 unspecified atom stereocenters. The molecule has 0 bridgehead atoms. The summed E-state index contributed by atoms with van der Waals surface area (Å²) in [5.41, 5.74) is 1.41. The Kier molecular flexibility index (Phi) is 5.44. The number of hydrogen-bond donors (Lipinski definition) is 0. The predicted octanol–water partition coefficient (Wildman–Crippen LogP) is 5.48. The third-order valence-electron chi connectivity index (χ3n) is 6.19. The Labute approximate surface area is 144 Å². The number of rotatable bonds is 3. The maximum Gasteiger partial charge on any atom is 0.192 e. The Morgan fingerprint density at radius 1 is 1.09 bits per heavy atom. The zero-order valence-electron chi connectivity index (χ0n) is 16.3. The summed E-state index contributed by atoms with van der Waals surface area (Å²) in [7, 11) is 0.530. The molecule has 1 aliphatic heterocycles.